The van der Waals surface area contributed by atoms with Gasteiger partial charge in [0.1, 0.15) is 41.1 Å². The molecule has 0 spiro atoms. The fraction of sp³-hybridized carbons (Fsp3) is 0.429. The lowest BCUT2D eigenvalue weighted by atomic mass is 9.95. The fourth-order valence-corrected chi connectivity index (χ4v) is 6.75. The second kappa shape index (κ2) is 9.95. The van der Waals surface area contributed by atoms with Crippen LogP contribution in [0, 0.1) is 6.92 Å². The van der Waals surface area contributed by atoms with Gasteiger partial charge in [-0.1, -0.05) is 85.7 Å². The standard InChI is InChI=1S/C21H18BrCl4N3O5S/c1-9-12(13(28-34-9)10-5-3-4-6-11(10)23)16(30)27-14-17(31)29-15(19(32)33-8-21(24,25)26)20(2,7-22)35-18(14)29/h3-6,14-15,18H,7-8H2,1-2H3,(H,27,30)/t14?,15?,18-,20?/m1/s1. The molecular formula is C21H18BrCl4N3O5S. The molecule has 0 radical (unpaired) electrons. The minimum atomic E-state index is -1.78. The van der Waals surface area contributed by atoms with Crippen LogP contribution >= 0.6 is 74.1 Å². The predicted octanol–water partition coefficient (Wildman–Crippen LogP) is 4.75. The van der Waals surface area contributed by atoms with Crippen molar-refractivity contribution in [3.8, 4) is 11.3 Å². The Morgan fingerprint density at radius 2 is 2.03 bits per heavy atom. The molecule has 2 amide bonds. The Balaban J connectivity index is 1.54. The van der Waals surface area contributed by atoms with Crippen LogP contribution in [-0.2, 0) is 14.3 Å². The van der Waals surface area contributed by atoms with Gasteiger partial charge in [-0.3, -0.25) is 9.59 Å². The summed E-state index contributed by atoms with van der Waals surface area (Å²) in [4.78, 5) is 40.6. The molecule has 2 aliphatic rings. The predicted molar refractivity (Wildman–Crippen MR) is 138 cm³/mol. The molecule has 4 atom stereocenters. The van der Waals surface area contributed by atoms with E-state index in [2.05, 4.69) is 26.4 Å². The number of nitrogens with one attached hydrogen (secondary N) is 1. The summed E-state index contributed by atoms with van der Waals surface area (Å²) in [6.07, 6.45) is 0. The summed E-state index contributed by atoms with van der Waals surface area (Å²) in [6, 6.07) is 5.11. The van der Waals surface area contributed by atoms with Gasteiger partial charge in [-0.15, -0.1) is 11.8 Å². The van der Waals surface area contributed by atoms with Crippen molar-refractivity contribution in [3.05, 3.63) is 40.6 Å². The fourth-order valence-electron chi connectivity index (χ4n) is 4.04. The van der Waals surface area contributed by atoms with Crippen LogP contribution in [0.5, 0.6) is 0 Å². The normalized spacial score (nSPS) is 25.7. The number of hydrogen-bond donors (Lipinski definition) is 1. The van der Waals surface area contributed by atoms with Crippen molar-refractivity contribution in [1.29, 1.82) is 0 Å². The highest BCUT2D eigenvalue weighted by Crippen LogP contribution is 2.52. The zero-order valence-electron chi connectivity index (χ0n) is 18.2. The van der Waals surface area contributed by atoms with Gasteiger partial charge in [-0.2, -0.15) is 0 Å². The highest BCUT2D eigenvalue weighted by atomic mass is 79.9. The quantitative estimate of drug-likeness (QED) is 0.275. The Labute approximate surface area is 233 Å². The summed E-state index contributed by atoms with van der Waals surface area (Å²) < 4.78 is 7.91. The molecule has 2 aliphatic heterocycles. The SMILES string of the molecule is Cc1onc(-c2ccccc2Cl)c1C(=O)NC1C(=O)N2C(C(=O)OCC(Cl)(Cl)Cl)C(C)(CBr)S[C@H]12. The highest BCUT2D eigenvalue weighted by Gasteiger charge is 2.65. The van der Waals surface area contributed by atoms with Crippen LogP contribution in [0.25, 0.3) is 11.3 Å². The minimum absolute atomic E-state index is 0.175. The lowest BCUT2D eigenvalue weighted by Crippen LogP contribution is -2.71. The van der Waals surface area contributed by atoms with Crippen molar-refractivity contribution in [2.24, 2.45) is 0 Å². The van der Waals surface area contributed by atoms with Gasteiger partial charge >= 0.3 is 5.97 Å². The number of fused-ring (bicyclic) bond motifs is 1. The molecule has 0 aliphatic carbocycles. The topological polar surface area (TPSA) is 102 Å². The van der Waals surface area contributed by atoms with Crippen LogP contribution < -0.4 is 5.32 Å². The molecule has 1 aromatic heterocycles. The van der Waals surface area contributed by atoms with E-state index < -0.39 is 50.4 Å². The molecule has 8 nitrogen and oxygen atoms in total. The number of amides is 2. The third-order valence-electron chi connectivity index (χ3n) is 5.70. The summed E-state index contributed by atoms with van der Waals surface area (Å²) in [5.74, 6) is -1.38. The number of alkyl halides is 4. The zero-order valence-corrected chi connectivity index (χ0v) is 23.6. The number of rotatable bonds is 6. The number of benzene rings is 1. The first-order chi connectivity index (χ1) is 16.4. The molecule has 1 N–H and O–H groups in total. The van der Waals surface area contributed by atoms with E-state index in [9.17, 15) is 14.4 Å². The maximum Gasteiger partial charge on any atom is 0.330 e. The Hall–Kier alpha value is -1.17. The number of ether oxygens (including phenoxy) is 1. The molecule has 2 fully saturated rings. The minimum Gasteiger partial charge on any atom is -0.460 e. The van der Waals surface area contributed by atoms with Gasteiger partial charge in [-0.25, -0.2) is 4.79 Å². The molecular weight excluding hydrogens is 628 g/mol. The van der Waals surface area contributed by atoms with E-state index in [1.807, 2.05) is 6.92 Å². The van der Waals surface area contributed by atoms with Crippen molar-refractivity contribution >= 4 is 91.9 Å². The third kappa shape index (κ3) is 5.02. The number of carbonyl (C=O) groups is 3. The largest absolute Gasteiger partial charge is 0.460 e. The second-order valence-electron chi connectivity index (χ2n) is 8.22. The van der Waals surface area contributed by atoms with E-state index in [-0.39, 0.29) is 17.0 Å². The molecule has 1 aromatic carbocycles. The van der Waals surface area contributed by atoms with E-state index in [1.54, 1.807) is 31.2 Å². The van der Waals surface area contributed by atoms with Crippen molar-refractivity contribution in [2.75, 3.05) is 11.9 Å². The Kier molecular flexibility index (Phi) is 7.64. The summed E-state index contributed by atoms with van der Waals surface area (Å²) in [6.45, 7) is 2.96. The molecule has 4 rings (SSSR count). The lowest BCUT2D eigenvalue weighted by Gasteiger charge is -2.44. The lowest BCUT2D eigenvalue weighted by molar-refractivity contribution is -0.163. The highest BCUT2D eigenvalue weighted by molar-refractivity contribution is 9.09. The van der Waals surface area contributed by atoms with Crippen molar-refractivity contribution in [3.63, 3.8) is 0 Å². The maximum atomic E-state index is 13.2. The Morgan fingerprint density at radius 3 is 2.66 bits per heavy atom. The first kappa shape index (κ1) is 26.9. The second-order valence-corrected chi connectivity index (χ2v) is 13.4. The Morgan fingerprint density at radius 1 is 1.34 bits per heavy atom. The van der Waals surface area contributed by atoms with Gasteiger partial charge in [0, 0.05) is 10.9 Å². The van der Waals surface area contributed by atoms with Crippen molar-refractivity contribution in [2.45, 2.75) is 39.8 Å². The van der Waals surface area contributed by atoms with E-state index in [0.717, 1.165) is 0 Å². The number of hydrogen-bond acceptors (Lipinski definition) is 7. The molecule has 0 saturated carbocycles. The van der Waals surface area contributed by atoms with E-state index in [0.29, 0.717) is 15.9 Å². The van der Waals surface area contributed by atoms with Crippen LogP contribution in [0.4, 0.5) is 0 Å². The monoisotopic (exact) mass is 643 g/mol. The van der Waals surface area contributed by atoms with Crippen molar-refractivity contribution in [1.82, 2.24) is 15.4 Å². The molecule has 35 heavy (non-hydrogen) atoms. The first-order valence-electron chi connectivity index (χ1n) is 10.2. The molecule has 14 heteroatoms. The number of nitrogens with zero attached hydrogens (tertiary/aromatic N) is 2. The average Bonchev–Trinajstić information content (AvgIpc) is 3.31. The maximum absolute atomic E-state index is 13.2. The van der Waals surface area contributed by atoms with Crippen LogP contribution in [0.3, 0.4) is 0 Å². The smallest absolute Gasteiger partial charge is 0.330 e. The zero-order chi connectivity index (χ0) is 25.7. The molecule has 0 bridgehead atoms. The summed E-state index contributed by atoms with van der Waals surface area (Å²) in [5, 5.41) is 7.04. The molecule has 3 heterocycles. The summed E-state index contributed by atoms with van der Waals surface area (Å²) >= 11 is 28.2. The van der Waals surface area contributed by atoms with Crippen LogP contribution in [0.1, 0.15) is 23.0 Å². The molecule has 3 unspecified atom stereocenters. The first-order valence-corrected chi connectivity index (χ1v) is 13.7. The van der Waals surface area contributed by atoms with Gasteiger partial charge < -0.3 is 19.5 Å². The summed E-state index contributed by atoms with van der Waals surface area (Å²) in [5.41, 5.74) is 0.970. The van der Waals surface area contributed by atoms with Crippen LogP contribution in [0.2, 0.25) is 5.02 Å². The molecule has 2 aromatic rings. The number of esters is 1. The average molecular weight is 646 g/mol. The van der Waals surface area contributed by atoms with Gasteiger partial charge in [0.05, 0.1) is 9.77 Å². The third-order valence-corrected chi connectivity index (χ3v) is 9.54. The Bertz CT molecular complexity index is 1190. The number of aryl methyl sites for hydroxylation is 1. The number of thioether (sulfide) groups is 1. The van der Waals surface area contributed by atoms with Crippen LogP contribution in [0.15, 0.2) is 28.8 Å². The molecule has 2 saturated heterocycles. The summed E-state index contributed by atoms with van der Waals surface area (Å²) in [7, 11) is 0. The number of aromatic nitrogens is 1. The van der Waals surface area contributed by atoms with Gasteiger partial charge in [0.15, 0.2) is 0 Å². The van der Waals surface area contributed by atoms with E-state index in [4.69, 9.17) is 55.7 Å². The van der Waals surface area contributed by atoms with Gasteiger partial charge in [-0.05, 0) is 19.9 Å². The molecule has 188 valence electrons. The van der Waals surface area contributed by atoms with Gasteiger partial charge in [0.2, 0.25) is 9.70 Å². The number of β-lactam (4-membered cyclic amide) rings is 1. The van der Waals surface area contributed by atoms with E-state index in [1.165, 1.54) is 16.7 Å². The number of halogens is 5. The van der Waals surface area contributed by atoms with E-state index >= 15 is 0 Å². The van der Waals surface area contributed by atoms with Crippen LogP contribution in [-0.4, -0.2) is 65.8 Å². The number of carbonyl (C=O) groups excluding carboxylic acids is 3. The van der Waals surface area contributed by atoms with Gasteiger partial charge in [0.25, 0.3) is 5.91 Å². The van der Waals surface area contributed by atoms with Crippen molar-refractivity contribution < 1.29 is 23.6 Å².